The van der Waals surface area contributed by atoms with Crippen molar-refractivity contribution in [3.8, 4) is 11.5 Å². The lowest BCUT2D eigenvalue weighted by atomic mass is 10.2. The van der Waals surface area contributed by atoms with Crippen molar-refractivity contribution in [2.24, 2.45) is 15.2 Å². The standard InChI is InChI=1S/C24H21Cl2N5O3/c1-33-20-11-12-22(34-2)21(13-20)23(32)29-24(30-27-14-16-3-7-18(25)8-4-16)31-28-15-17-5-9-19(26)10-6-17/h3-15H,1-2H3,(H2,29,30,31,32). The van der Waals surface area contributed by atoms with Gasteiger partial charge >= 0.3 is 0 Å². The summed E-state index contributed by atoms with van der Waals surface area (Å²) in [6.07, 6.45) is 3.10. The Morgan fingerprint density at radius 1 is 0.794 bits per heavy atom. The second-order valence-corrected chi connectivity index (χ2v) is 7.55. The fourth-order valence-electron chi connectivity index (χ4n) is 2.65. The number of hydrazone groups is 2. The van der Waals surface area contributed by atoms with E-state index in [-0.39, 0.29) is 11.5 Å². The van der Waals surface area contributed by atoms with Crippen LogP contribution in [-0.4, -0.2) is 38.5 Å². The van der Waals surface area contributed by atoms with Gasteiger partial charge in [0.15, 0.2) is 0 Å². The number of hydrogen-bond donors (Lipinski definition) is 2. The van der Waals surface area contributed by atoms with Crippen LogP contribution >= 0.6 is 23.2 Å². The van der Waals surface area contributed by atoms with Crippen LogP contribution in [0.5, 0.6) is 11.5 Å². The summed E-state index contributed by atoms with van der Waals surface area (Å²) in [4.78, 5) is 17.0. The van der Waals surface area contributed by atoms with Crippen LogP contribution in [0.2, 0.25) is 10.0 Å². The molecule has 0 radical (unpaired) electrons. The van der Waals surface area contributed by atoms with Crippen molar-refractivity contribution in [3.63, 3.8) is 0 Å². The van der Waals surface area contributed by atoms with Gasteiger partial charge in [-0.25, -0.2) is 10.9 Å². The molecule has 174 valence electrons. The van der Waals surface area contributed by atoms with Gasteiger partial charge in [0, 0.05) is 10.0 Å². The number of methoxy groups -OCH3 is 2. The Labute approximate surface area is 206 Å². The van der Waals surface area contributed by atoms with Crippen LogP contribution in [0.3, 0.4) is 0 Å². The topological polar surface area (TPSA) is 96.7 Å². The molecule has 3 rings (SSSR count). The minimum absolute atomic E-state index is 0.00898. The van der Waals surface area contributed by atoms with Gasteiger partial charge in [-0.15, -0.1) is 0 Å². The first-order valence-corrected chi connectivity index (χ1v) is 10.7. The first-order chi connectivity index (χ1) is 16.5. The van der Waals surface area contributed by atoms with E-state index < -0.39 is 5.91 Å². The lowest BCUT2D eigenvalue weighted by Crippen LogP contribution is -2.32. The number of nitrogens with one attached hydrogen (secondary N) is 2. The number of rotatable bonds is 7. The molecule has 0 aliphatic heterocycles. The monoisotopic (exact) mass is 497 g/mol. The fourth-order valence-corrected chi connectivity index (χ4v) is 2.90. The van der Waals surface area contributed by atoms with Gasteiger partial charge in [-0.2, -0.15) is 15.2 Å². The molecular weight excluding hydrogens is 477 g/mol. The highest BCUT2D eigenvalue weighted by molar-refractivity contribution is 6.30. The maximum absolute atomic E-state index is 12.9. The molecule has 3 aromatic rings. The molecule has 0 aliphatic carbocycles. The molecule has 3 aromatic carbocycles. The van der Waals surface area contributed by atoms with Crippen molar-refractivity contribution in [3.05, 3.63) is 93.5 Å². The molecular formula is C24H21Cl2N5O3. The molecule has 0 spiro atoms. The molecule has 2 N–H and O–H groups in total. The Morgan fingerprint density at radius 3 is 1.79 bits per heavy atom. The zero-order valence-corrected chi connectivity index (χ0v) is 19.8. The Morgan fingerprint density at radius 2 is 1.32 bits per heavy atom. The van der Waals surface area contributed by atoms with E-state index >= 15 is 0 Å². The molecule has 10 heteroatoms. The SMILES string of the molecule is COc1ccc(OC)c(C(=O)N=C(NN=Cc2ccc(Cl)cc2)NN=Cc2ccc(Cl)cc2)c1. The molecule has 0 aromatic heterocycles. The number of benzene rings is 3. The number of aliphatic imine (C=N–C) groups is 1. The molecule has 0 aliphatic rings. The number of hydrogen-bond acceptors (Lipinski definition) is 5. The Hall–Kier alpha value is -3.88. The Bertz CT molecular complexity index is 1150. The van der Waals surface area contributed by atoms with Gasteiger partial charge < -0.3 is 9.47 Å². The van der Waals surface area contributed by atoms with Crippen LogP contribution in [-0.2, 0) is 0 Å². The minimum atomic E-state index is -0.589. The summed E-state index contributed by atoms with van der Waals surface area (Å²) in [6.45, 7) is 0. The van der Waals surface area contributed by atoms with Gasteiger partial charge in [0.05, 0.1) is 32.2 Å². The molecule has 34 heavy (non-hydrogen) atoms. The fraction of sp³-hybridized carbons (Fsp3) is 0.0833. The lowest BCUT2D eigenvalue weighted by molar-refractivity contribution is 0.0998. The first-order valence-electron chi connectivity index (χ1n) is 9.93. The van der Waals surface area contributed by atoms with Gasteiger partial charge in [-0.1, -0.05) is 47.5 Å². The van der Waals surface area contributed by atoms with Gasteiger partial charge in [0.1, 0.15) is 11.5 Å². The minimum Gasteiger partial charge on any atom is -0.497 e. The molecule has 0 bridgehead atoms. The van der Waals surface area contributed by atoms with Crippen molar-refractivity contribution in [2.75, 3.05) is 14.2 Å². The average Bonchev–Trinajstić information content (AvgIpc) is 2.85. The summed E-state index contributed by atoms with van der Waals surface area (Å²) < 4.78 is 10.5. The van der Waals surface area contributed by atoms with Crippen LogP contribution in [0, 0.1) is 0 Å². The molecule has 8 nitrogen and oxygen atoms in total. The smallest absolute Gasteiger partial charge is 0.284 e. The van der Waals surface area contributed by atoms with E-state index in [9.17, 15) is 4.79 Å². The van der Waals surface area contributed by atoms with E-state index in [0.717, 1.165) is 11.1 Å². The number of amides is 1. The van der Waals surface area contributed by atoms with Crippen LogP contribution < -0.4 is 20.3 Å². The number of guanidine groups is 1. The molecule has 0 saturated carbocycles. The van der Waals surface area contributed by atoms with Crippen molar-refractivity contribution >= 4 is 47.5 Å². The summed E-state index contributed by atoms with van der Waals surface area (Å²) in [5.74, 6) is 0.242. The second-order valence-electron chi connectivity index (χ2n) is 6.67. The number of ether oxygens (including phenoxy) is 2. The molecule has 0 fully saturated rings. The maximum Gasteiger partial charge on any atom is 0.284 e. The quantitative estimate of drug-likeness (QED) is 0.278. The zero-order valence-electron chi connectivity index (χ0n) is 18.3. The Balaban J connectivity index is 1.83. The van der Waals surface area contributed by atoms with Crippen LogP contribution in [0.15, 0.2) is 81.9 Å². The van der Waals surface area contributed by atoms with Crippen molar-refractivity contribution in [2.45, 2.75) is 0 Å². The number of carbonyl (C=O) groups excluding carboxylic acids is 1. The van der Waals surface area contributed by atoms with Crippen molar-refractivity contribution in [1.82, 2.24) is 10.9 Å². The van der Waals surface area contributed by atoms with Gasteiger partial charge in [0.25, 0.3) is 5.91 Å². The number of nitrogens with zero attached hydrogens (tertiary/aromatic N) is 3. The highest BCUT2D eigenvalue weighted by atomic mass is 35.5. The summed E-state index contributed by atoms with van der Waals surface area (Å²) in [5.41, 5.74) is 7.19. The third-order valence-corrected chi connectivity index (χ3v) is 4.86. The highest BCUT2D eigenvalue weighted by Crippen LogP contribution is 2.24. The molecule has 0 atom stereocenters. The average molecular weight is 498 g/mol. The van der Waals surface area contributed by atoms with E-state index in [0.29, 0.717) is 21.5 Å². The van der Waals surface area contributed by atoms with E-state index in [4.69, 9.17) is 32.7 Å². The predicted molar refractivity (Wildman–Crippen MR) is 136 cm³/mol. The summed E-state index contributed by atoms with van der Waals surface area (Å²) in [6, 6.07) is 19.0. The molecule has 0 saturated heterocycles. The van der Waals surface area contributed by atoms with Crippen LogP contribution in [0.25, 0.3) is 0 Å². The second kappa shape index (κ2) is 12.4. The van der Waals surface area contributed by atoms with Crippen LogP contribution in [0.4, 0.5) is 0 Å². The number of carbonyl (C=O) groups is 1. The van der Waals surface area contributed by atoms with Gasteiger partial charge in [-0.05, 0) is 53.6 Å². The summed E-state index contributed by atoms with van der Waals surface area (Å²) in [7, 11) is 2.97. The Kier molecular flexibility index (Phi) is 9.02. The largest absolute Gasteiger partial charge is 0.497 e. The normalized spacial score (nSPS) is 10.8. The van der Waals surface area contributed by atoms with Crippen LogP contribution in [0.1, 0.15) is 21.5 Å². The van der Waals surface area contributed by atoms with Gasteiger partial charge in [-0.3, -0.25) is 4.79 Å². The van der Waals surface area contributed by atoms with E-state index in [2.05, 4.69) is 26.0 Å². The molecule has 1 amide bonds. The third kappa shape index (κ3) is 7.33. The van der Waals surface area contributed by atoms with Gasteiger partial charge in [0.2, 0.25) is 5.96 Å². The van der Waals surface area contributed by atoms with Crippen molar-refractivity contribution < 1.29 is 14.3 Å². The van der Waals surface area contributed by atoms with Crippen molar-refractivity contribution in [1.29, 1.82) is 0 Å². The van der Waals surface area contributed by atoms with E-state index in [1.165, 1.54) is 20.3 Å². The molecule has 0 unspecified atom stereocenters. The predicted octanol–water partition coefficient (Wildman–Crippen LogP) is 4.75. The first kappa shape index (κ1) is 24.8. The van der Waals surface area contributed by atoms with E-state index in [1.54, 1.807) is 73.1 Å². The maximum atomic E-state index is 12.9. The molecule has 0 heterocycles. The number of halogens is 2. The summed E-state index contributed by atoms with van der Waals surface area (Å²) in [5, 5.41) is 9.47. The zero-order chi connectivity index (χ0) is 24.3. The highest BCUT2D eigenvalue weighted by Gasteiger charge is 2.14. The lowest BCUT2D eigenvalue weighted by Gasteiger charge is -2.09. The van der Waals surface area contributed by atoms with E-state index in [1.807, 2.05) is 0 Å². The summed E-state index contributed by atoms with van der Waals surface area (Å²) >= 11 is 11.8. The third-order valence-electron chi connectivity index (χ3n) is 4.36.